The van der Waals surface area contributed by atoms with Crippen LogP contribution in [0, 0.1) is 21.4 Å². The average Bonchev–Trinajstić information content (AvgIpc) is 2.34. The molecule has 6 nitrogen and oxygen atoms in total. The molecule has 1 unspecified atom stereocenters. The van der Waals surface area contributed by atoms with Crippen LogP contribution in [-0.2, 0) is 0 Å². The number of hydrogen-bond acceptors (Lipinski definition) is 5. The Balaban J connectivity index is 2.99. The fourth-order valence-electron chi connectivity index (χ4n) is 1.36. The lowest BCUT2D eigenvalue weighted by molar-refractivity contribution is -0.384. The Morgan fingerprint density at radius 2 is 2.35 bits per heavy atom. The minimum Gasteiger partial charge on any atom is -0.378 e. The molecular weight excluding hydrogens is 220 g/mol. The van der Waals surface area contributed by atoms with E-state index >= 15 is 0 Å². The molecule has 6 heteroatoms. The summed E-state index contributed by atoms with van der Waals surface area (Å²) in [5.41, 5.74) is 5.90. The number of nitro benzene ring substituents is 1. The first kappa shape index (κ1) is 12.9. The van der Waals surface area contributed by atoms with Crippen LogP contribution in [0.15, 0.2) is 18.2 Å². The van der Waals surface area contributed by atoms with Gasteiger partial charge in [-0.1, -0.05) is 13.0 Å². The first-order chi connectivity index (χ1) is 8.10. The van der Waals surface area contributed by atoms with Crippen molar-refractivity contribution >= 4 is 11.4 Å². The summed E-state index contributed by atoms with van der Waals surface area (Å²) >= 11 is 0. The van der Waals surface area contributed by atoms with E-state index in [2.05, 4.69) is 5.32 Å². The van der Waals surface area contributed by atoms with E-state index in [4.69, 9.17) is 11.0 Å². The number of benzene rings is 1. The second-order valence-electron chi connectivity index (χ2n) is 3.62. The van der Waals surface area contributed by atoms with Gasteiger partial charge in [-0.2, -0.15) is 5.26 Å². The maximum absolute atomic E-state index is 10.9. The molecule has 90 valence electrons. The van der Waals surface area contributed by atoms with E-state index < -0.39 is 4.92 Å². The van der Waals surface area contributed by atoms with E-state index in [0.717, 1.165) is 6.42 Å². The van der Waals surface area contributed by atoms with E-state index in [0.29, 0.717) is 12.2 Å². The van der Waals surface area contributed by atoms with Crippen LogP contribution in [0.2, 0.25) is 0 Å². The zero-order valence-corrected chi connectivity index (χ0v) is 9.51. The molecule has 0 heterocycles. The summed E-state index contributed by atoms with van der Waals surface area (Å²) in [4.78, 5) is 10.3. The van der Waals surface area contributed by atoms with Crippen molar-refractivity contribution in [2.75, 3.05) is 11.9 Å². The van der Waals surface area contributed by atoms with Gasteiger partial charge in [-0.25, -0.2) is 0 Å². The van der Waals surface area contributed by atoms with Crippen LogP contribution < -0.4 is 11.1 Å². The Kier molecular flexibility index (Phi) is 4.43. The molecule has 0 saturated heterocycles. The van der Waals surface area contributed by atoms with Crippen LogP contribution in [0.3, 0.4) is 0 Å². The highest BCUT2D eigenvalue weighted by Gasteiger charge is 2.19. The number of nitriles is 1. The molecule has 0 aliphatic rings. The number of anilines is 1. The van der Waals surface area contributed by atoms with Gasteiger partial charge in [0.25, 0.3) is 0 Å². The van der Waals surface area contributed by atoms with Gasteiger partial charge in [-0.05, 0) is 18.6 Å². The second kappa shape index (κ2) is 5.82. The molecule has 1 rings (SSSR count). The third-order valence-electron chi connectivity index (χ3n) is 2.42. The van der Waals surface area contributed by atoms with Crippen LogP contribution in [0.25, 0.3) is 0 Å². The van der Waals surface area contributed by atoms with Crippen LogP contribution >= 0.6 is 0 Å². The SMILES string of the molecule is CCC(N)CNc1cccc(C#N)c1[N+](=O)[O-]. The summed E-state index contributed by atoms with van der Waals surface area (Å²) in [6, 6.07) is 6.33. The van der Waals surface area contributed by atoms with Crippen LogP contribution in [-0.4, -0.2) is 17.5 Å². The van der Waals surface area contributed by atoms with Gasteiger partial charge in [-0.3, -0.25) is 10.1 Å². The molecule has 1 aromatic carbocycles. The van der Waals surface area contributed by atoms with E-state index in [1.54, 1.807) is 18.2 Å². The highest BCUT2D eigenvalue weighted by atomic mass is 16.6. The summed E-state index contributed by atoms with van der Waals surface area (Å²) in [6.07, 6.45) is 0.777. The Morgan fingerprint density at radius 1 is 1.65 bits per heavy atom. The van der Waals surface area contributed by atoms with Crippen LogP contribution in [0.1, 0.15) is 18.9 Å². The molecule has 0 bridgehead atoms. The predicted molar refractivity (Wildman–Crippen MR) is 64.6 cm³/mol. The smallest absolute Gasteiger partial charge is 0.309 e. The van der Waals surface area contributed by atoms with Crippen molar-refractivity contribution in [3.63, 3.8) is 0 Å². The highest BCUT2D eigenvalue weighted by Crippen LogP contribution is 2.27. The highest BCUT2D eigenvalue weighted by molar-refractivity contribution is 5.68. The Labute approximate surface area is 99.2 Å². The second-order valence-corrected chi connectivity index (χ2v) is 3.62. The molecule has 0 aliphatic carbocycles. The predicted octanol–water partition coefficient (Wildman–Crippen LogP) is 1.62. The summed E-state index contributed by atoms with van der Waals surface area (Å²) in [7, 11) is 0. The molecule has 0 amide bonds. The molecule has 1 atom stereocenters. The lowest BCUT2D eigenvalue weighted by atomic mass is 10.1. The van der Waals surface area contributed by atoms with E-state index in [-0.39, 0.29) is 17.3 Å². The van der Waals surface area contributed by atoms with Crippen molar-refractivity contribution in [1.29, 1.82) is 5.26 Å². The van der Waals surface area contributed by atoms with Gasteiger partial charge in [0.05, 0.1) is 4.92 Å². The molecule has 0 spiro atoms. The number of rotatable bonds is 5. The number of nitrogens with zero attached hydrogens (tertiary/aromatic N) is 2. The van der Waals surface area contributed by atoms with E-state index in [1.807, 2.05) is 6.92 Å². The van der Waals surface area contributed by atoms with Gasteiger partial charge < -0.3 is 11.1 Å². The fraction of sp³-hybridized carbons (Fsp3) is 0.364. The molecular formula is C11H14N4O2. The summed E-state index contributed by atoms with van der Waals surface area (Å²) in [5.74, 6) is 0. The topological polar surface area (TPSA) is 105 Å². The number of hydrogen-bond donors (Lipinski definition) is 2. The molecule has 0 aromatic heterocycles. The van der Waals surface area contributed by atoms with Gasteiger partial charge in [0.1, 0.15) is 17.3 Å². The number of nitrogens with two attached hydrogens (primary N) is 1. The lowest BCUT2D eigenvalue weighted by Gasteiger charge is -2.11. The Morgan fingerprint density at radius 3 is 2.88 bits per heavy atom. The van der Waals surface area contributed by atoms with E-state index in [1.165, 1.54) is 6.07 Å². The summed E-state index contributed by atoms with van der Waals surface area (Å²) in [6.45, 7) is 2.37. The normalized spacial score (nSPS) is 11.6. The molecule has 0 aliphatic heterocycles. The lowest BCUT2D eigenvalue weighted by Crippen LogP contribution is -2.28. The van der Waals surface area contributed by atoms with Gasteiger partial charge in [0, 0.05) is 12.6 Å². The maximum Gasteiger partial charge on any atom is 0.309 e. The van der Waals surface area contributed by atoms with E-state index in [9.17, 15) is 10.1 Å². The zero-order valence-electron chi connectivity index (χ0n) is 9.51. The maximum atomic E-state index is 10.9. The third-order valence-corrected chi connectivity index (χ3v) is 2.42. The minimum absolute atomic E-state index is 0.0464. The van der Waals surface area contributed by atoms with Gasteiger partial charge in [-0.15, -0.1) is 0 Å². The minimum atomic E-state index is -0.557. The van der Waals surface area contributed by atoms with Crippen molar-refractivity contribution in [3.05, 3.63) is 33.9 Å². The van der Waals surface area contributed by atoms with Crippen LogP contribution in [0.5, 0.6) is 0 Å². The summed E-state index contributed by atoms with van der Waals surface area (Å²) < 4.78 is 0. The largest absolute Gasteiger partial charge is 0.378 e. The standard InChI is InChI=1S/C11H14N4O2/c1-2-9(13)7-14-10-5-3-4-8(6-12)11(10)15(16)17/h3-5,9,14H,2,7,13H2,1H3. The van der Waals surface area contributed by atoms with Gasteiger partial charge >= 0.3 is 5.69 Å². The molecule has 0 fully saturated rings. The fourth-order valence-corrected chi connectivity index (χ4v) is 1.36. The first-order valence-electron chi connectivity index (χ1n) is 5.27. The van der Waals surface area contributed by atoms with Crippen molar-refractivity contribution in [3.8, 4) is 6.07 Å². The van der Waals surface area contributed by atoms with Crippen molar-refractivity contribution in [2.24, 2.45) is 5.73 Å². The van der Waals surface area contributed by atoms with Crippen LogP contribution in [0.4, 0.5) is 11.4 Å². The molecule has 17 heavy (non-hydrogen) atoms. The Hall–Kier alpha value is -2.13. The van der Waals surface area contributed by atoms with Gasteiger partial charge in [0.2, 0.25) is 0 Å². The number of para-hydroxylation sites is 1. The Bertz CT molecular complexity index is 453. The number of nitro groups is 1. The quantitative estimate of drug-likeness (QED) is 0.594. The monoisotopic (exact) mass is 234 g/mol. The average molecular weight is 234 g/mol. The third kappa shape index (κ3) is 3.16. The molecule has 3 N–H and O–H groups in total. The van der Waals surface area contributed by atoms with Crippen molar-refractivity contribution in [1.82, 2.24) is 0 Å². The van der Waals surface area contributed by atoms with Gasteiger partial charge in [0.15, 0.2) is 0 Å². The molecule has 0 radical (unpaired) electrons. The first-order valence-corrected chi connectivity index (χ1v) is 5.27. The molecule has 0 saturated carbocycles. The zero-order chi connectivity index (χ0) is 12.8. The van der Waals surface area contributed by atoms with Crippen molar-refractivity contribution in [2.45, 2.75) is 19.4 Å². The molecule has 1 aromatic rings. The number of nitrogens with one attached hydrogen (secondary N) is 1. The van der Waals surface area contributed by atoms with Crippen molar-refractivity contribution < 1.29 is 4.92 Å². The summed E-state index contributed by atoms with van der Waals surface area (Å²) in [5, 5.41) is 22.6.